The molecule has 0 unspecified atom stereocenters. The zero-order chi connectivity index (χ0) is 11.3. The molecule has 15 heavy (non-hydrogen) atoms. The molecule has 1 aromatic rings. The summed E-state index contributed by atoms with van der Waals surface area (Å²) in [4.78, 5) is 25.8. The van der Waals surface area contributed by atoms with E-state index < -0.39 is 11.9 Å². The molecule has 0 spiro atoms. The van der Waals surface area contributed by atoms with E-state index in [1.165, 1.54) is 5.38 Å². The van der Waals surface area contributed by atoms with Crippen LogP contribution >= 0.6 is 11.3 Å². The summed E-state index contributed by atoms with van der Waals surface area (Å²) >= 11 is 1.04. The second kappa shape index (κ2) is 5.45. The number of amides is 1. The highest BCUT2D eigenvalue weighted by molar-refractivity contribution is 7.11. The number of primary amides is 1. The first-order valence-electron chi connectivity index (χ1n) is 4.57. The first kappa shape index (κ1) is 11.6. The quantitative estimate of drug-likeness (QED) is 0.606. The van der Waals surface area contributed by atoms with Crippen molar-refractivity contribution in [1.29, 1.82) is 0 Å². The molecule has 0 fully saturated rings. The van der Waals surface area contributed by atoms with Gasteiger partial charge in [-0.3, -0.25) is 4.79 Å². The zero-order valence-corrected chi connectivity index (χ0v) is 9.17. The normalized spacial score (nSPS) is 9.93. The van der Waals surface area contributed by atoms with Crippen molar-refractivity contribution in [2.24, 2.45) is 5.73 Å². The molecule has 1 rings (SSSR count). The van der Waals surface area contributed by atoms with E-state index in [1.54, 1.807) is 0 Å². The number of hydrogen-bond donors (Lipinski definition) is 1. The Bertz CT molecular complexity index is 362. The summed E-state index contributed by atoms with van der Waals surface area (Å²) in [7, 11) is 0. The fourth-order valence-electron chi connectivity index (χ4n) is 0.864. The van der Waals surface area contributed by atoms with Crippen molar-refractivity contribution in [3.63, 3.8) is 0 Å². The second-order valence-corrected chi connectivity index (χ2v) is 3.75. The molecule has 6 heteroatoms. The molecular weight excluding hydrogens is 216 g/mol. The number of esters is 1. The molecule has 2 N–H and O–H groups in total. The maximum Gasteiger partial charge on any atom is 0.357 e. The molecule has 5 nitrogen and oxygen atoms in total. The third-order valence-electron chi connectivity index (χ3n) is 1.66. The number of nitrogens with two attached hydrogens (primary N) is 1. The largest absolute Gasteiger partial charge is 0.461 e. The number of carbonyl (C=O) groups is 2. The van der Waals surface area contributed by atoms with E-state index in [9.17, 15) is 9.59 Å². The van der Waals surface area contributed by atoms with Crippen LogP contribution in [-0.4, -0.2) is 23.5 Å². The summed E-state index contributed by atoms with van der Waals surface area (Å²) in [5.41, 5.74) is 5.15. The molecule has 0 aliphatic heterocycles. The summed E-state index contributed by atoms with van der Waals surface area (Å²) in [5, 5.41) is 1.59. The highest BCUT2D eigenvalue weighted by Gasteiger charge is 2.14. The maximum absolute atomic E-state index is 11.3. The van der Waals surface area contributed by atoms with Crippen LogP contribution in [0.1, 0.15) is 40.1 Å². The van der Waals surface area contributed by atoms with Crippen LogP contribution in [0.4, 0.5) is 0 Å². The zero-order valence-electron chi connectivity index (χ0n) is 8.36. The van der Waals surface area contributed by atoms with Gasteiger partial charge in [0.2, 0.25) is 0 Å². The summed E-state index contributed by atoms with van der Waals surface area (Å²) in [5.74, 6) is -1.14. The second-order valence-electron chi connectivity index (χ2n) is 2.89. The van der Waals surface area contributed by atoms with Crippen LogP contribution in [0.2, 0.25) is 0 Å². The number of carbonyl (C=O) groups excluding carboxylic acids is 2. The highest BCUT2D eigenvalue weighted by Crippen LogP contribution is 2.10. The van der Waals surface area contributed by atoms with Crippen LogP contribution in [0, 0.1) is 0 Å². The number of hydrogen-bond acceptors (Lipinski definition) is 5. The molecule has 1 aromatic heterocycles. The average molecular weight is 228 g/mol. The van der Waals surface area contributed by atoms with Crippen molar-refractivity contribution in [2.45, 2.75) is 19.8 Å². The first-order chi connectivity index (χ1) is 7.15. The van der Waals surface area contributed by atoms with Crippen LogP contribution in [0.3, 0.4) is 0 Å². The number of unbranched alkanes of at least 4 members (excludes halogenated alkanes) is 1. The van der Waals surface area contributed by atoms with Gasteiger partial charge in [-0.2, -0.15) is 0 Å². The molecule has 0 saturated carbocycles. The van der Waals surface area contributed by atoms with Crippen molar-refractivity contribution in [2.75, 3.05) is 6.61 Å². The minimum atomic E-state index is -0.632. The fourth-order valence-corrected chi connectivity index (χ4v) is 1.50. The van der Waals surface area contributed by atoms with Gasteiger partial charge in [-0.05, 0) is 6.42 Å². The third-order valence-corrected chi connectivity index (χ3v) is 2.51. The van der Waals surface area contributed by atoms with Gasteiger partial charge in [0.05, 0.1) is 6.61 Å². The smallest absolute Gasteiger partial charge is 0.357 e. The molecule has 0 aliphatic carbocycles. The van der Waals surface area contributed by atoms with Crippen LogP contribution in [0.5, 0.6) is 0 Å². The minimum absolute atomic E-state index is 0.123. The molecule has 0 aliphatic rings. The maximum atomic E-state index is 11.3. The summed E-state index contributed by atoms with van der Waals surface area (Å²) in [6.07, 6.45) is 1.77. The van der Waals surface area contributed by atoms with E-state index in [1.807, 2.05) is 6.92 Å². The van der Waals surface area contributed by atoms with E-state index in [-0.39, 0.29) is 10.7 Å². The highest BCUT2D eigenvalue weighted by atomic mass is 32.1. The molecular formula is C9H12N2O3S. The molecule has 0 saturated heterocycles. The number of nitrogens with zero attached hydrogens (tertiary/aromatic N) is 1. The van der Waals surface area contributed by atoms with Gasteiger partial charge < -0.3 is 10.5 Å². The Hall–Kier alpha value is -1.43. The lowest BCUT2D eigenvalue weighted by Gasteiger charge is -1.99. The number of ether oxygens (including phenoxy) is 1. The van der Waals surface area contributed by atoms with E-state index >= 15 is 0 Å². The van der Waals surface area contributed by atoms with Crippen molar-refractivity contribution in [3.05, 3.63) is 16.1 Å². The molecule has 0 radical (unpaired) electrons. The Labute approximate surface area is 91.3 Å². The lowest BCUT2D eigenvalue weighted by Crippen LogP contribution is -2.12. The monoisotopic (exact) mass is 228 g/mol. The Morgan fingerprint density at radius 3 is 2.87 bits per heavy atom. The predicted octanol–water partition coefficient (Wildman–Crippen LogP) is 1.20. The Morgan fingerprint density at radius 2 is 2.33 bits per heavy atom. The standard InChI is InChI=1S/C9H12N2O3S/c1-2-3-4-14-9(13)6-5-15-8(11-6)7(10)12/h5H,2-4H2,1H3,(H2,10,12). The van der Waals surface area contributed by atoms with Gasteiger partial charge in [0.15, 0.2) is 10.7 Å². The Balaban J connectivity index is 2.54. The van der Waals surface area contributed by atoms with E-state index in [0.29, 0.717) is 6.61 Å². The molecule has 0 bridgehead atoms. The predicted molar refractivity (Wildman–Crippen MR) is 55.8 cm³/mol. The van der Waals surface area contributed by atoms with Crippen molar-refractivity contribution < 1.29 is 14.3 Å². The van der Waals surface area contributed by atoms with Gasteiger partial charge in [-0.1, -0.05) is 13.3 Å². The number of aromatic nitrogens is 1. The molecule has 82 valence electrons. The fraction of sp³-hybridized carbons (Fsp3) is 0.444. The summed E-state index contributed by atoms with van der Waals surface area (Å²) in [6.45, 7) is 2.38. The van der Waals surface area contributed by atoms with Crippen LogP contribution in [0.25, 0.3) is 0 Å². The lowest BCUT2D eigenvalue weighted by atomic mass is 10.4. The lowest BCUT2D eigenvalue weighted by molar-refractivity contribution is 0.0494. The summed E-state index contributed by atoms with van der Waals surface area (Å²) in [6, 6.07) is 0. The minimum Gasteiger partial charge on any atom is -0.461 e. The first-order valence-corrected chi connectivity index (χ1v) is 5.45. The van der Waals surface area contributed by atoms with Crippen LogP contribution in [-0.2, 0) is 4.74 Å². The van der Waals surface area contributed by atoms with Gasteiger partial charge >= 0.3 is 5.97 Å². The van der Waals surface area contributed by atoms with Crippen molar-refractivity contribution >= 4 is 23.2 Å². The van der Waals surface area contributed by atoms with E-state index in [2.05, 4.69) is 4.98 Å². The molecule has 0 aromatic carbocycles. The number of thiazole rings is 1. The average Bonchev–Trinajstić information content (AvgIpc) is 2.66. The van der Waals surface area contributed by atoms with E-state index in [0.717, 1.165) is 24.2 Å². The summed E-state index contributed by atoms with van der Waals surface area (Å²) < 4.78 is 4.91. The van der Waals surface area contributed by atoms with Gasteiger partial charge in [-0.25, -0.2) is 9.78 Å². The van der Waals surface area contributed by atoms with E-state index in [4.69, 9.17) is 10.5 Å². The van der Waals surface area contributed by atoms with Gasteiger partial charge in [0.1, 0.15) is 0 Å². The topological polar surface area (TPSA) is 82.3 Å². The van der Waals surface area contributed by atoms with Crippen LogP contribution < -0.4 is 5.73 Å². The molecule has 0 atom stereocenters. The van der Waals surface area contributed by atoms with Crippen molar-refractivity contribution in [3.8, 4) is 0 Å². The van der Waals surface area contributed by atoms with Crippen LogP contribution in [0.15, 0.2) is 5.38 Å². The third kappa shape index (κ3) is 3.32. The van der Waals surface area contributed by atoms with Gasteiger partial charge in [0.25, 0.3) is 5.91 Å². The number of rotatable bonds is 5. The Morgan fingerprint density at radius 1 is 1.60 bits per heavy atom. The molecule has 1 heterocycles. The van der Waals surface area contributed by atoms with Gasteiger partial charge in [-0.15, -0.1) is 11.3 Å². The SMILES string of the molecule is CCCCOC(=O)c1csc(C(N)=O)n1. The Kier molecular flexibility index (Phi) is 4.23. The molecule has 1 amide bonds. The van der Waals surface area contributed by atoms with Crippen molar-refractivity contribution in [1.82, 2.24) is 4.98 Å². The van der Waals surface area contributed by atoms with Gasteiger partial charge in [0, 0.05) is 5.38 Å².